The van der Waals surface area contributed by atoms with Crippen LogP contribution in [0.5, 0.6) is 0 Å². The van der Waals surface area contributed by atoms with Crippen LogP contribution in [-0.4, -0.2) is 41.3 Å². The van der Waals surface area contributed by atoms with Gasteiger partial charge in [-0.05, 0) is 18.8 Å². The van der Waals surface area contributed by atoms with Crippen molar-refractivity contribution in [2.45, 2.75) is 56.7 Å². The number of aliphatic hydroxyl groups is 2. The van der Waals surface area contributed by atoms with Gasteiger partial charge in [0.1, 0.15) is 19.8 Å². The van der Waals surface area contributed by atoms with E-state index in [9.17, 15) is 10.2 Å². The zero-order chi connectivity index (χ0) is 12.4. The Kier molecular flexibility index (Phi) is 4.08. The molecule has 1 aliphatic carbocycles. The molecule has 1 aliphatic heterocycles. The third-order valence-electron chi connectivity index (χ3n) is 4.49. The summed E-state index contributed by atoms with van der Waals surface area (Å²) in [5.74, 6) is 0.848. The van der Waals surface area contributed by atoms with E-state index in [-0.39, 0.29) is 18.9 Å². The van der Waals surface area contributed by atoms with Crippen LogP contribution in [0.15, 0.2) is 0 Å². The second kappa shape index (κ2) is 5.22. The van der Waals surface area contributed by atoms with Crippen LogP contribution in [0, 0.1) is 5.92 Å². The lowest BCUT2D eigenvalue weighted by Gasteiger charge is -2.35. The summed E-state index contributed by atoms with van der Waals surface area (Å²) < 4.78 is 5.93. The van der Waals surface area contributed by atoms with Crippen molar-refractivity contribution in [3.05, 3.63) is 0 Å². The summed E-state index contributed by atoms with van der Waals surface area (Å²) in [4.78, 5) is 0. The average molecular weight is 244 g/mol. The second-order valence-electron chi connectivity index (χ2n) is 5.91. The third-order valence-corrected chi connectivity index (χ3v) is 4.49. The molecule has 2 rings (SSSR count). The molecule has 0 aromatic rings. The summed E-state index contributed by atoms with van der Waals surface area (Å²) in [6.45, 7) is 2.69. The van der Waals surface area contributed by atoms with Crippen LogP contribution in [-0.2, 0) is 4.74 Å². The molecule has 100 valence electrons. The third kappa shape index (κ3) is 2.65. The fourth-order valence-electron chi connectivity index (χ4n) is 3.31. The molecule has 17 heavy (non-hydrogen) atoms. The number of nitrogens with two attached hydrogens (primary N) is 1. The number of hydrogen-bond donors (Lipinski definition) is 3. The van der Waals surface area contributed by atoms with E-state index in [0.717, 1.165) is 18.8 Å². The van der Waals surface area contributed by atoms with Crippen molar-refractivity contribution in [2.75, 3.05) is 19.8 Å². The Morgan fingerprint density at radius 3 is 2.35 bits per heavy atom. The molecule has 2 fully saturated rings. The minimum Gasteiger partial charge on any atom is -0.390 e. The van der Waals surface area contributed by atoms with E-state index >= 15 is 0 Å². The number of hydrogen-bond acceptors (Lipinski definition) is 3. The van der Waals surface area contributed by atoms with Gasteiger partial charge in [-0.2, -0.15) is 0 Å². The minimum atomic E-state index is -0.502. The lowest BCUT2D eigenvalue weighted by atomic mass is 9.81. The van der Waals surface area contributed by atoms with Crippen LogP contribution in [0.4, 0.5) is 0 Å². The second-order valence-corrected chi connectivity index (χ2v) is 5.91. The quantitative estimate of drug-likeness (QED) is 0.651. The summed E-state index contributed by atoms with van der Waals surface area (Å²) >= 11 is 0. The Morgan fingerprint density at radius 1 is 1.24 bits per heavy atom. The Balaban J connectivity index is 1.91. The molecule has 0 unspecified atom stereocenters. The minimum absolute atomic E-state index is 0.0103. The van der Waals surface area contributed by atoms with E-state index in [4.69, 9.17) is 4.74 Å². The van der Waals surface area contributed by atoms with Crippen LogP contribution in [0.2, 0.25) is 0 Å². The normalized spacial score (nSPS) is 36.5. The molecule has 0 aromatic carbocycles. The van der Waals surface area contributed by atoms with Crippen LogP contribution in [0.25, 0.3) is 0 Å². The Labute approximate surface area is 103 Å². The lowest BCUT2D eigenvalue weighted by molar-refractivity contribution is -0.791. The van der Waals surface area contributed by atoms with Gasteiger partial charge in [-0.3, -0.25) is 0 Å². The zero-order valence-corrected chi connectivity index (χ0v) is 10.8. The van der Waals surface area contributed by atoms with E-state index in [0.29, 0.717) is 6.61 Å². The number of rotatable bonds is 4. The number of aliphatic hydroxyl groups excluding tert-OH is 2. The van der Waals surface area contributed by atoms with Gasteiger partial charge in [0, 0.05) is 12.8 Å². The van der Waals surface area contributed by atoms with E-state index < -0.39 is 5.54 Å². The van der Waals surface area contributed by atoms with E-state index in [1.165, 1.54) is 25.7 Å². The van der Waals surface area contributed by atoms with Gasteiger partial charge < -0.3 is 20.3 Å². The van der Waals surface area contributed by atoms with Gasteiger partial charge in [0.25, 0.3) is 0 Å². The SMILES string of the molecule is CCCC1CCC2(CC1)[NH2+]C(CO)(CO)CO2. The summed E-state index contributed by atoms with van der Waals surface area (Å²) in [6.07, 6.45) is 7.13. The average Bonchev–Trinajstić information content (AvgIpc) is 2.73. The molecule has 0 bridgehead atoms. The fourth-order valence-corrected chi connectivity index (χ4v) is 3.31. The van der Waals surface area contributed by atoms with Gasteiger partial charge in [0.05, 0.1) is 0 Å². The molecule has 0 radical (unpaired) electrons. The maximum absolute atomic E-state index is 9.40. The van der Waals surface area contributed by atoms with Crippen LogP contribution >= 0.6 is 0 Å². The van der Waals surface area contributed by atoms with Crippen LogP contribution < -0.4 is 5.32 Å². The smallest absolute Gasteiger partial charge is 0.201 e. The summed E-state index contributed by atoms with van der Waals surface area (Å²) in [6, 6.07) is 0. The summed E-state index contributed by atoms with van der Waals surface area (Å²) in [5.41, 5.74) is -0.659. The molecule has 2 aliphatic rings. The van der Waals surface area contributed by atoms with Gasteiger partial charge >= 0.3 is 0 Å². The maximum Gasteiger partial charge on any atom is 0.201 e. The molecule has 0 aromatic heterocycles. The lowest BCUT2D eigenvalue weighted by Crippen LogP contribution is -3.05. The Hall–Kier alpha value is -0.160. The van der Waals surface area contributed by atoms with Gasteiger partial charge in [0.2, 0.25) is 5.72 Å². The molecule has 4 nitrogen and oxygen atoms in total. The van der Waals surface area contributed by atoms with Crippen LogP contribution in [0.3, 0.4) is 0 Å². The summed E-state index contributed by atoms with van der Waals surface area (Å²) in [7, 11) is 0. The van der Waals surface area contributed by atoms with Crippen LogP contribution in [0.1, 0.15) is 45.4 Å². The van der Waals surface area contributed by atoms with Crippen molar-refractivity contribution < 1.29 is 20.3 Å². The first-order valence-corrected chi connectivity index (χ1v) is 6.90. The van der Waals surface area contributed by atoms with Crippen molar-refractivity contribution in [3.8, 4) is 0 Å². The highest BCUT2D eigenvalue weighted by atomic mass is 16.5. The first-order chi connectivity index (χ1) is 8.17. The highest BCUT2D eigenvalue weighted by molar-refractivity contribution is 4.88. The van der Waals surface area contributed by atoms with Gasteiger partial charge in [0.15, 0.2) is 5.54 Å². The fraction of sp³-hybridized carbons (Fsp3) is 1.00. The molecule has 0 atom stereocenters. The molecule has 4 heteroatoms. The molecule has 1 saturated carbocycles. The van der Waals surface area contributed by atoms with Gasteiger partial charge in [-0.15, -0.1) is 0 Å². The zero-order valence-electron chi connectivity index (χ0n) is 10.8. The topological polar surface area (TPSA) is 66.3 Å². The van der Waals surface area contributed by atoms with Crippen molar-refractivity contribution in [1.82, 2.24) is 0 Å². The molecule has 1 spiro atoms. The van der Waals surface area contributed by atoms with Crippen molar-refractivity contribution in [1.29, 1.82) is 0 Å². The van der Waals surface area contributed by atoms with E-state index in [1.54, 1.807) is 0 Å². The molecule has 1 saturated heterocycles. The first kappa shape index (κ1) is 13.3. The van der Waals surface area contributed by atoms with Crippen molar-refractivity contribution in [3.63, 3.8) is 0 Å². The van der Waals surface area contributed by atoms with E-state index in [1.807, 2.05) is 0 Å². The Bertz CT molecular complexity index is 245. The first-order valence-electron chi connectivity index (χ1n) is 6.90. The number of quaternary nitrogens is 1. The highest BCUT2D eigenvalue weighted by Crippen LogP contribution is 2.35. The van der Waals surface area contributed by atoms with E-state index in [2.05, 4.69) is 12.2 Å². The van der Waals surface area contributed by atoms with Crippen molar-refractivity contribution in [2.24, 2.45) is 5.92 Å². The molecule has 4 N–H and O–H groups in total. The van der Waals surface area contributed by atoms with Gasteiger partial charge in [-0.1, -0.05) is 19.8 Å². The Morgan fingerprint density at radius 2 is 1.88 bits per heavy atom. The van der Waals surface area contributed by atoms with Crippen molar-refractivity contribution >= 4 is 0 Å². The number of ether oxygens (including phenoxy) is 1. The molecular formula is C13H26NO3+. The standard InChI is InChI=1S/C13H25NO3/c1-2-3-11-4-6-13(7-5-11)14-12(8-15,9-16)10-17-13/h11,14-16H,2-10H2,1H3/p+1. The molecule has 1 heterocycles. The highest BCUT2D eigenvalue weighted by Gasteiger charge is 2.53. The largest absolute Gasteiger partial charge is 0.390 e. The monoisotopic (exact) mass is 244 g/mol. The maximum atomic E-state index is 9.40. The van der Waals surface area contributed by atoms with Gasteiger partial charge in [-0.25, -0.2) is 0 Å². The molecule has 0 amide bonds. The summed E-state index contributed by atoms with van der Waals surface area (Å²) in [5, 5.41) is 20.9. The molecular weight excluding hydrogens is 218 g/mol. The predicted molar refractivity (Wildman–Crippen MR) is 64.4 cm³/mol. The predicted octanol–water partition coefficient (Wildman–Crippen LogP) is -0.01000.